The summed E-state index contributed by atoms with van der Waals surface area (Å²) in [6.45, 7) is 2.02. The third-order valence-electron chi connectivity index (χ3n) is 6.27. The maximum atomic E-state index is 14.3. The molecule has 208 valence electrons. The molecular weight excluding hydrogens is 523 g/mol. The fourth-order valence-corrected chi connectivity index (χ4v) is 6.15. The molecule has 4 aromatic carbocycles. The third kappa shape index (κ3) is 8.92. The average Bonchev–Trinajstić information content (AvgIpc) is 2.99. The Morgan fingerprint density at radius 2 is 1.23 bits per heavy atom. The van der Waals surface area contributed by atoms with Crippen LogP contribution in [0.1, 0.15) is 36.5 Å². The molecule has 0 N–H and O–H groups in total. The maximum absolute atomic E-state index is 14.3. The first-order valence-electron chi connectivity index (χ1n) is 13.5. The van der Waals surface area contributed by atoms with Gasteiger partial charge < -0.3 is 18.5 Å². The van der Waals surface area contributed by atoms with Gasteiger partial charge >= 0.3 is 13.6 Å². The first kappa shape index (κ1) is 29.3. The van der Waals surface area contributed by atoms with Crippen LogP contribution >= 0.6 is 7.60 Å². The quantitative estimate of drug-likeness (QED) is 0.108. The van der Waals surface area contributed by atoms with Crippen molar-refractivity contribution in [2.75, 3.05) is 6.61 Å². The zero-order valence-electron chi connectivity index (χ0n) is 22.7. The fraction of sp³-hybridized carbons (Fsp3) is 0.242. The van der Waals surface area contributed by atoms with Crippen LogP contribution in [0.25, 0.3) is 0 Å². The summed E-state index contributed by atoms with van der Waals surface area (Å²) < 4.78 is 37.6. The number of rotatable bonds is 15. The van der Waals surface area contributed by atoms with Crippen LogP contribution in [0.5, 0.6) is 11.5 Å². The lowest BCUT2D eigenvalue weighted by molar-refractivity contribution is -0.143. The molecule has 0 bridgehead atoms. The maximum Gasteiger partial charge on any atom is 0.345 e. The number of benzene rings is 4. The van der Waals surface area contributed by atoms with Crippen LogP contribution in [0.4, 0.5) is 0 Å². The average molecular weight is 559 g/mol. The topological polar surface area (TPSA) is 71.1 Å². The molecule has 1 atom stereocenters. The fourth-order valence-electron chi connectivity index (χ4n) is 4.23. The summed E-state index contributed by atoms with van der Waals surface area (Å²) in [6.07, 6.45) is 1.51. The van der Waals surface area contributed by atoms with Gasteiger partial charge in [0.2, 0.25) is 0 Å². The van der Waals surface area contributed by atoms with Crippen molar-refractivity contribution in [1.29, 1.82) is 0 Å². The lowest BCUT2D eigenvalue weighted by Gasteiger charge is -2.26. The zero-order chi connectivity index (χ0) is 28.0. The predicted molar refractivity (Wildman–Crippen MR) is 156 cm³/mol. The van der Waals surface area contributed by atoms with Crippen molar-refractivity contribution in [3.63, 3.8) is 0 Å². The Morgan fingerprint density at radius 3 is 1.80 bits per heavy atom. The molecular formula is C33H35O6P. The summed E-state index contributed by atoms with van der Waals surface area (Å²) in [6, 6.07) is 36.3. The van der Waals surface area contributed by atoms with Gasteiger partial charge in [-0.2, -0.15) is 0 Å². The molecule has 0 fully saturated rings. The van der Waals surface area contributed by atoms with Crippen molar-refractivity contribution in [1.82, 2.24) is 0 Å². The highest BCUT2D eigenvalue weighted by Crippen LogP contribution is 2.56. The standard InChI is InChI=1S/C33H35O6P/c1-2-36-33(34)32(23-13-19-27-18-12-22-31(24-27)39-30-20-10-5-11-21-30)40(35,37-25-28-14-6-3-7-15-28)38-26-29-16-8-4-9-17-29/h3-12,14-18,20-22,24,32H,2,13,19,23,25-26H2,1H3. The number of esters is 1. The van der Waals surface area contributed by atoms with E-state index in [1.54, 1.807) is 6.92 Å². The van der Waals surface area contributed by atoms with E-state index in [2.05, 4.69) is 0 Å². The third-order valence-corrected chi connectivity index (χ3v) is 8.48. The van der Waals surface area contributed by atoms with E-state index in [4.69, 9.17) is 18.5 Å². The van der Waals surface area contributed by atoms with Crippen LogP contribution in [0.2, 0.25) is 0 Å². The van der Waals surface area contributed by atoms with Crippen molar-refractivity contribution in [3.8, 4) is 11.5 Å². The second kappa shape index (κ2) is 15.2. The Bertz CT molecular complexity index is 1310. The number of carbonyl (C=O) groups excluding carboxylic acids is 1. The molecule has 0 aliphatic heterocycles. The molecule has 0 aliphatic carbocycles. The van der Waals surface area contributed by atoms with Crippen LogP contribution in [0.15, 0.2) is 115 Å². The van der Waals surface area contributed by atoms with E-state index in [-0.39, 0.29) is 26.2 Å². The van der Waals surface area contributed by atoms with Gasteiger partial charge in [-0.3, -0.25) is 9.36 Å². The minimum absolute atomic E-state index is 0.0572. The lowest BCUT2D eigenvalue weighted by atomic mass is 10.1. The Labute approximate surface area is 236 Å². The predicted octanol–water partition coefficient (Wildman–Crippen LogP) is 8.36. The van der Waals surface area contributed by atoms with Gasteiger partial charge in [-0.05, 0) is 67.1 Å². The van der Waals surface area contributed by atoms with E-state index in [9.17, 15) is 9.36 Å². The normalized spacial score (nSPS) is 12.0. The molecule has 1 unspecified atom stereocenters. The van der Waals surface area contributed by atoms with E-state index in [0.717, 1.165) is 28.2 Å². The summed E-state index contributed by atoms with van der Waals surface area (Å²) in [4.78, 5) is 13.1. The number of carbonyl (C=O) groups is 1. The second-order valence-corrected chi connectivity index (χ2v) is 11.5. The van der Waals surface area contributed by atoms with Crippen molar-refractivity contribution in [2.45, 2.75) is 45.1 Å². The van der Waals surface area contributed by atoms with Crippen LogP contribution < -0.4 is 4.74 Å². The molecule has 0 aliphatic rings. The van der Waals surface area contributed by atoms with Gasteiger partial charge in [0.25, 0.3) is 0 Å². The van der Waals surface area contributed by atoms with Crippen LogP contribution in [0, 0.1) is 0 Å². The number of hydrogen-bond donors (Lipinski definition) is 0. The molecule has 0 radical (unpaired) electrons. The molecule has 4 rings (SSSR count). The number of ether oxygens (including phenoxy) is 2. The minimum atomic E-state index is -3.92. The van der Waals surface area contributed by atoms with Gasteiger partial charge in [0.15, 0.2) is 5.66 Å². The summed E-state index contributed by atoms with van der Waals surface area (Å²) in [7, 11) is -3.92. The van der Waals surface area contributed by atoms with Crippen LogP contribution in [-0.4, -0.2) is 18.2 Å². The lowest BCUT2D eigenvalue weighted by Crippen LogP contribution is -2.26. The van der Waals surface area contributed by atoms with Crippen molar-refractivity contribution in [2.24, 2.45) is 0 Å². The van der Waals surface area contributed by atoms with Gasteiger partial charge in [-0.25, -0.2) is 0 Å². The second-order valence-electron chi connectivity index (χ2n) is 9.28. The Hall–Kier alpha value is -3.70. The highest BCUT2D eigenvalue weighted by molar-refractivity contribution is 7.55. The summed E-state index contributed by atoms with van der Waals surface area (Å²) in [5, 5.41) is 0. The van der Waals surface area contributed by atoms with E-state index >= 15 is 0 Å². The van der Waals surface area contributed by atoms with Crippen molar-refractivity contribution < 1.29 is 27.9 Å². The Balaban J connectivity index is 1.48. The highest BCUT2D eigenvalue weighted by Gasteiger charge is 2.42. The zero-order valence-corrected chi connectivity index (χ0v) is 23.6. The van der Waals surface area contributed by atoms with Gasteiger partial charge in [-0.1, -0.05) is 91.0 Å². The smallest absolute Gasteiger partial charge is 0.345 e. The summed E-state index contributed by atoms with van der Waals surface area (Å²) in [5.74, 6) is 0.913. The minimum Gasteiger partial charge on any atom is -0.465 e. The first-order chi connectivity index (χ1) is 19.6. The van der Waals surface area contributed by atoms with E-state index < -0.39 is 19.2 Å². The van der Waals surface area contributed by atoms with Crippen molar-refractivity contribution in [3.05, 3.63) is 132 Å². The molecule has 40 heavy (non-hydrogen) atoms. The van der Waals surface area contributed by atoms with Gasteiger partial charge in [0, 0.05) is 0 Å². The largest absolute Gasteiger partial charge is 0.465 e. The van der Waals surface area contributed by atoms with Gasteiger partial charge in [0.1, 0.15) is 11.5 Å². The molecule has 0 saturated heterocycles. The SMILES string of the molecule is CCOC(=O)C(CCCc1cccc(Oc2ccccc2)c1)P(=O)(OCc1ccccc1)OCc1ccccc1. The monoisotopic (exact) mass is 558 g/mol. The van der Waals surface area contributed by atoms with E-state index in [0.29, 0.717) is 12.8 Å². The van der Waals surface area contributed by atoms with E-state index in [1.807, 2.05) is 115 Å². The van der Waals surface area contributed by atoms with Crippen LogP contribution in [0.3, 0.4) is 0 Å². The molecule has 0 spiro atoms. The molecule has 0 saturated carbocycles. The molecule has 4 aromatic rings. The number of hydrogen-bond acceptors (Lipinski definition) is 6. The van der Waals surface area contributed by atoms with Gasteiger partial charge in [-0.15, -0.1) is 0 Å². The van der Waals surface area contributed by atoms with Crippen LogP contribution in [-0.2, 0) is 42.8 Å². The molecule has 0 amide bonds. The highest BCUT2D eigenvalue weighted by atomic mass is 31.2. The van der Waals surface area contributed by atoms with E-state index in [1.165, 1.54) is 0 Å². The summed E-state index contributed by atoms with van der Waals surface area (Å²) in [5.41, 5.74) is 1.66. The molecule has 0 heterocycles. The first-order valence-corrected chi connectivity index (χ1v) is 15.1. The molecule has 0 aromatic heterocycles. The van der Waals surface area contributed by atoms with Gasteiger partial charge in [0.05, 0.1) is 19.8 Å². The van der Waals surface area contributed by atoms with Crippen molar-refractivity contribution >= 4 is 13.6 Å². The Morgan fingerprint density at radius 1 is 0.700 bits per heavy atom. The Kier molecular flexibility index (Phi) is 11.1. The number of aryl methyl sites for hydroxylation is 1. The molecule has 7 heteroatoms. The number of para-hydroxylation sites is 1. The summed E-state index contributed by atoms with van der Waals surface area (Å²) >= 11 is 0. The molecule has 6 nitrogen and oxygen atoms in total.